The monoisotopic (exact) mass is 521 g/mol. The van der Waals surface area contributed by atoms with Crippen molar-refractivity contribution >= 4 is 28.7 Å². The van der Waals surface area contributed by atoms with Gasteiger partial charge in [0.05, 0.1) is 28.5 Å². The van der Waals surface area contributed by atoms with Crippen LogP contribution in [0.25, 0.3) is 11.3 Å². The average Bonchev–Trinajstić information content (AvgIpc) is 3.09. The first-order valence-electron chi connectivity index (χ1n) is 9.65. The minimum atomic E-state index is -0.947. The van der Waals surface area contributed by atoms with Crippen molar-refractivity contribution in [3.63, 3.8) is 0 Å². The molecule has 0 aliphatic carbocycles. The van der Waals surface area contributed by atoms with E-state index in [1.807, 2.05) is 35.0 Å². The lowest BCUT2D eigenvalue weighted by Crippen LogP contribution is -2.41. The van der Waals surface area contributed by atoms with Crippen LogP contribution in [-0.2, 0) is 17.9 Å². The molecule has 0 saturated carbocycles. The van der Waals surface area contributed by atoms with E-state index in [0.717, 1.165) is 26.1 Å². The van der Waals surface area contributed by atoms with E-state index in [0.29, 0.717) is 26.2 Å². The fourth-order valence-corrected chi connectivity index (χ4v) is 4.44. The third-order valence-corrected chi connectivity index (χ3v) is 6.29. The fourth-order valence-electron chi connectivity index (χ4n) is 3.61. The molecule has 156 valence electrons. The van der Waals surface area contributed by atoms with Gasteiger partial charge in [-0.05, 0) is 58.8 Å². The number of carboxylic acid groups (broad SMARTS) is 1. The first-order chi connectivity index (χ1) is 14.5. The van der Waals surface area contributed by atoms with Crippen molar-refractivity contribution in [1.29, 1.82) is 0 Å². The minimum Gasteiger partial charge on any atom is -0.465 e. The van der Waals surface area contributed by atoms with Crippen LogP contribution < -0.4 is 0 Å². The summed E-state index contributed by atoms with van der Waals surface area (Å²) in [5, 5.41) is 14.3. The molecule has 0 bridgehead atoms. The number of aromatic nitrogens is 2. The molecule has 3 aromatic rings. The maximum atomic E-state index is 13.3. The molecule has 1 aliphatic heterocycles. The molecule has 6 nitrogen and oxygen atoms in total. The normalized spacial score (nSPS) is 15.8. The summed E-state index contributed by atoms with van der Waals surface area (Å²) >= 11 is 2.20. The zero-order valence-corrected chi connectivity index (χ0v) is 18.3. The van der Waals surface area contributed by atoms with Crippen LogP contribution in [0, 0.1) is 9.39 Å². The Morgan fingerprint density at radius 2 is 1.93 bits per heavy atom. The van der Waals surface area contributed by atoms with E-state index in [1.165, 1.54) is 17.0 Å². The highest BCUT2D eigenvalue weighted by atomic mass is 127. The van der Waals surface area contributed by atoms with Crippen molar-refractivity contribution in [3.05, 3.63) is 75.2 Å². The van der Waals surface area contributed by atoms with Gasteiger partial charge in [-0.3, -0.25) is 4.68 Å². The number of carbonyl (C=O) groups is 1. The Bertz CT molecular complexity index is 1020. The van der Waals surface area contributed by atoms with Gasteiger partial charge in [-0.15, -0.1) is 0 Å². The molecule has 1 aliphatic rings. The van der Waals surface area contributed by atoms with Crippen LogP contribution in [0.5, 0.6) is 0 Å². The van der Waals surface area contributed by atoms with Crippen LogP contribution in [0.15, 0.2) is 54.6 Å². The summed E-state index contributed by atoms with van der Waals surface area (Å²) in [4.78, 5) is 13.1. The molecule has 0 spiro atoms. The summed E-state index contributed by atoms with van der Waals surface area (Å²) in [5.74, 6) is -0.303. The summed E-state index contributed by atoms with van der Waals surface area (Å²) < 4.78 is 21.9. The van der Waals surface area contributed by atoms with Crippen LogP contribution in [0.4, 0.5) is 9.18 Å². The highest BCUT2D eigenvalue weighted by Gasteiger charge is 2.32. The molecule has 1 N–H and O–H groups in total. The highest BCUT2D eigenvalue weighted by molar-refractivity contribution is 14.1. The molecule has 1 aromatic heterocycles. The Morgan fingerprint density at radius 1 is 1.20 bits per heavy atom. The van der Waals surface area contributed by atoms with Crippen LogP contribution in [0.3, 0.4) is 0 Å². The third kappa shape index (κ3) is 4.49. The predicted octanol–water partition coefficient (Wildman–Crippen LogP) is 4.94. The quantitative estimate of drug-likeness (QED) is 0.369. The molecule has 0 radical (unpaired) electrons. The maximum Gasteiger partial charge on any atom is 0.407 e. The second-order valence-electron chi connectivity index (χ2n) is 7.20. The summed E-state index contributed by atoms with van der Waals surface area (Å²) in [6.45, 7) is 1.65. The Labute approximate surface area is 187 Å². The van der Waals surface area contributed by atoms with Gasteiger partial charge in [0.1, 0.15) is 11.5 Å². The van der Waals surface area contributed by atoms with Gasteiger partial charge in [-0.1, -0.05) is 30.3 Å². The van der Waals surface area contributed by atoms with Gasteiger partial charge in [0.2, 0.25) is 0 Å². The Morgan fingerprint density at radius 3 is 2.63 bits per heavy atom. The van der Waals surface area contributed by atoms with Gasteiger partial charge in [0.15, 0.2) is 0 Å². The van der Waals surface area contributed by atoms with Crippen molar-refractivity contribution < 1.29 is 19.0 Å². The van der Waals surface area contributed by atoms with Gasteiger partial charge in [-0.25, -0.2) is 9.18 Å². The van der Waals surface area contributed by atoms with Crippen LogP contribution in [0.2, 0.25) is 0 Å². The van der Waals surface area contributed by atoms with Gasteiger partial charge in [0.25, 0.3) is 0 Å². The summed E-state index contributed by atoms with van der Waals surface area (Å²) in [7, 11) is 0. The molecule has 2 aromatic carbocycles. The number of fused-ring (bicyclic) bond motifs is 1. The number of benzene rings is 2. The van der Waals surface area contributed by atoms with Gasteiger partial charge in [-0.2, -0.15) is 5.10 Å². The zero-order valence-electron chi connectivity index (χ0n) is 16.2. The number of hydrogen-bond donors (Lipinski definition) is 1. The molecule has 30 heavy (non-hydrogen) atoms. The van der Waals surface area contributed by atoms with E-state index in [1.54, 1.807) is 12.1 Å². The topological polar surface area (TPSA) is 67.6 Å². The molecule has 4 rings (SSSR count). The first kappa shape index (κ1) is 20.8. The second-order valence-corrected chi connectivity index (χ2v) is 8.28. The van der Waals surface area contributed by atoms with E-state index < -0.39 is 6.09 Å². The molecule has 0 saturated heterocycles. The molecule has 1 amide bonds. The standard InChI is InChI=1S/C22H21FIN3O3/c23-17-8-6-16(7-9-17)21-20(24)19-13-26(22(28)29)12-18(27(19)25-21)10-11-30-14-15-4-2-1-3-5-15/h1-9,18H,10-14H2,(H,28,29). The lowest BCUT2D eigenvalue weighted by Gasteiger charge is -2.32. The number of halogens is 2. The number of nitrogens with zero attached hydrogens (tertiary/aromatic N) is 3. The Hall–Kier alpha value is -2.46. The Balaban J connectivity index is 1.53. The smallest absolute Gasteiger partial charge is 0.407 e. The second kappa shape index (κ2) is 9.13. The van der Waals surface area contributed by atoms with Gasteiger partial charge in [0, 0.05) is 18.7 Å². The first-order valence-corrected chi connectivity index (χ1v) is 10.7. The lowest BCUT2D eigenvalue weighted by molar-refractivity contribution is 0.0842. The van der Waals surface area contributed by atoms with Crippen LogP contribution >= 0.6 is 22.6 Å². The number of hydrogen-bond acceptors (Lipinski definition) is 3. The number of rotatable bonds is 6. The van der Waals surface area contributed by atoms with Gasteiger partial charge < -0.3 is 14.7 Å². The summed E-state index contributed by atoms with van der Waals surface area (Å²) in [6.07, 6.45) is -0.304. The molecule has 8 heteroatoms. The number of amides is 1. The number of ether oxygens (including phenoxy) is 1. The minimum absolute atomic E-state index is 0.122. The third-order valence-electron chi connectivity index (χ3n) is 5.16. The van der Waals surface area contributed by atoms with E-state index >= 15 is 0 Å². The fraction of sp³-hybridized carbons (Fsp3) is 0.273. The van der Waals surface area contributed by atoms with Crippen molar-refractivity contribution in [2.75, 3.05) is 13.2 Å². The lowest BCUT2D eigenvalue weighted by atomic mass is 10.1. The summed E-state index contributed by atoms with van der Waals surface area (Å²) in [6, 6.07) is 16.0. The zero-order chi connectivity index (χ0) is 21.1. The van der Waals surface area contributed by atoms with Gasteiger partial charge >= 0.3 is 6.09 Å². The maximum absolute atomic E-state index is 13.3. The molecular weight excluding hydrogens is 500 g/mol. The SMILES string of the molecule is O=C(O)N1Cc2c(I)c(-c3ccc(F)cc3)nn2C(CCOCc2ccccc2)C1. The molecule has 1 atom stereocenters. The molecule has 0 fully saturated rings. The molecule has 1 unspecified atom stereocenters. The van der Waals surface area contributed by atoms with Crippen molar-refractivity contribution in [2.45, 2.75) is 25.6 Å². The van der Waals surface area contributed by atoms with Crippen LogP contribution in [-0.4, -0.2) is 39.0 Å². The predicted molar refractivity (Wildman–Crippen MR) is 119 cm³/mol. The molecule has 2 heterocycles. The van der Waals surface area contributed by atoms with Crippen molar-refractivity contribution in [2.24, 2.45) is 0 Å². The molecular formula is C22H21FIN3O3. The Kier molecular flexibility index (Phi) is 6.33. The average molecular weight is 521 g/mol. The largest absolute Gasteiger partial charge is 0.465 e. The van der Waals surface area contributed by atoms with Crippen LogP contribution in [0.1, 0.15) is 23.7 Å². The van der Waals surface area contributed by atoms with Crippen molar-refractivity contribution in [3.8, 4) is 11.3 Å². The van der Waals surface area contributed by atoms with E-state index in [2.05, 4.69) is 22.6 Å². The van der Waals surface area contributed by atoms with E-state index in [4.69, 9.17) is 9.84 Å². The highest BCUT2D eigenvalue weighted by Crippen LogP contribution is 2.33. The summed E-state index contributed by atoms with van der Waals surface area (Å²) in [5.41, 5.74) is 3.51. The van der Waals surface area contributed by atoms with Crippen molar-refractivity contribution in [1.82, 2.24) is 14.7 Å². The van der Waals surface area contributed by atoms with E-state index in [-0.39, 0.29) is 18.4 Å². The van der Waals surface area contributed by atoms with E-state index in [9.17, 15) is 14.3 Å².